The lowest BCUT2D eigenvalue weighted by Crippen LogP contribution is -2.15. The largest absolute Gasteiger partial charge is 0.416 e. The minimum Gasteiger partial charge on any atom is -0.278 e. The molecule has 1 N–H and O–H groups in total. The van der Waals surface area contributed by atoms with Crippen molar-refractivity contribution >= 4 is 28.1 Å². The van der Waals surface area contributed by atoms with Crippen LogP contribution < -0.4 is 4.72 Å². The van der Waals surface area contributed by atoms with Crippen molar-refractivity contribution in [2.24, 2.45) is 0 Å². The summed E-state index contributed by atoms with van der Waals surface area (Å²) in [4.78, 5) is 3.57. The molecule has 10 heteroatoms. The van der Waals surface area contributed by atoms with E-state index in [-0.39, 0.29) is 23.5 Å². The van der Waals surface area contributed by atoms with Crippen LogP contribution in [-0.2, 0) is 16.2 Å². The first kappa shape index (κ1) is 18.2. The van der Waals surface area contributed by atoms with Gasteiger partial charge in [0.2, 0.25) is 0 Å². The summed E-state index contributed by atoms with van der Waals surface area (Å²) in [6.45, 7) is 0. The molecule has 2 rings (SSSR count). The van der Waals surface area contributed by atoms with Gasteiger partial charge in [-0.05, 0) is 30.3 Å². The van der Waals surface area contributed by atoms with E-state index in [0.717, 1.165) is 6.07 Å². The van der Waals surface area contributed by atoms with Crippen LogP contribution in [0.3, 0.4) is 0 Å². The van der Waals surface area contributed by atoms with Gasteiger partial charge in [-0.1, -0.05) is 6.07 Å². The summed E-state index contributed by atoms with van der Waals surface area (Å²) in [5, 5.41) is -0.386. The third-order valence-corrected chi connectivity index (χ3v) is 3.69. The van der Waals surface area contributed by atoms with Crippen LogP contribution >= 0.6 is 12.4 Å². The molecule has 0 unspecified atom stereocenters. The second kappa shape index (κ2) is 6.49. The second-order valence-electron chi connectivity index (χ2n) is 4.00. The van der Waals surface area contributed by atoms with Gasteiger partial charge in [0.1, 0.15) is 5.82 Å². The predicted octanol–water partition coefficient (Wildman–Crippen LogP) is 3.46. The number of sulfonamides is 1. The molecule has 0 bridgehead atoms. The van der Waals surface area contributed by atoms with Crippen molar-refractivity contribution in [1.82, 2.24) is 4.98 Å². The van der Waals surface area contributed by atoms with Gasteiger partial charge in [-0.3, -0.25) is 4.72 Å². The Morgan fingerprint density at radius 1 is 1.09 bits per heavy atom. The van der Waals surface area contributed by atoms with Crippen molar-refractivity contribution in [3.05, 3.63) is 54.0 Å². The van der Waals surface area contributed by atoms with Crippen LogP contribution in [0.15, 0.2) is 47.6 Å². The van der Waals surface area contributed by atoms with Crippen LogP contribution in [-0.4, -0.2) is 13.4 Å². The Morgan fingerprint density at radius 3 is 2.32 bits per heavy atom. The molecule has 0 aliphatic rings. The zero-order chi connectivity index (χ0) is 15.7. The number of alkyl halides is 3. The lowest BCUT2D eigenvalue weighted by Gasteiger charge is -2.11. The van der Waals surface area contributed by atoms with E-state index in [1.807, 2.05) is 4.72 Å². The fourth-order valence-electron chi connectivity index (χ4n) is 1.53. The highest BCUT2D eigenvalue weighted by atomic mass is 35.5. The molecule has 0 fully saturated rings. The summed E-state index contributed by atoms with van der Waals surface area (Å²) in [7, 11) is -4.19. The molecule has 1 heterocycles. The maximum absolute atomic E-state index is 13.2. The van der Waals surface area contributed by atoms with E-state index >= 15 is 0 Å². The smallest absolute Gasteiger partial charge is 0.278 e. The molecular weight excluding hydrogens is 348 g/mol. The van der Waals surface area contributed by atoms with Crippen LogP contribution in [0.2, 0.25) is 0 Å². The number of aromatic nitrogens is 1. The Kier molecular flexibility index (Phi) is 5.36. The summed E-state index contributed by atoms with van der Waals surface area (Å²) in [5.41, 5.74) is -1.82. The van der Waals surface area contributed by atoms with Gasteiger partial charge >= 0.3 is 6.18 Å². The number of anilines is 1. The maximum Gasteiger partial charge on any atom is 0.416 e. The van der Waals surface area contributed by atoms with E-state index in [4.69, 9.17) is 0 Å². The Balaban J connectivity index is 0.00000242. The van der Waals surface area contributed by atoms with E-state index < -0.39 is 33.3 Å². The van der Waals surface area contributed by atoms with Gasteiger partial charge in [-0.25, -0.2) is 9.37 Å². The van der Waals surface area contributed by atoms with Crippen molar-refractivity contribution < 1.29 is 26.0 Å². The molecule has 120 valence electrons. The molecule has 22 heavy (non-hydrogen) atoms. The third-order valence-electron chi connectivity index (χ3n) is 2.39. The average molecular weight is 357 g/mol. The number of nitrogens with one attached hydrogen (secondary N) is 1. The van der Waals surface area contributed by atoms with Crippen molar-refractivity contribution in [2.75, 3.05) is 4.72 Å². The zero-order valence-corrected chi connectivity index (χ0v) is 12.3. The SMILES string of the molecule is Cl.O=S(=O)(Nc1cc(F)cc(C(F)(F)F)c1)c1ccccn1. The van der Waals surface area contributed by atoms with Gasteiger partial charge in [0, 0.05) is 6.20 Å². The van der Waals surface area contributed by atoms with E-state index in [1.165, 1.54) is 18.3 Å². The van der Waals surface area contributed by atoms with Gasteiger partial charge in [-0.15, -0.1) is 12.4 Å². The molecule has 1 aromatic carbocycles. The highest BCUT2D eigenvalue weighted by molar-refractivity contribution is 7.92. The van der Waals surface area contributed by atoms with Crippen LogP contribution in [0.5, 0.6) is 0 Å². The molecule has 0 atom stereocenters. The molecule has 0 aliphatic heterocycles. The van der Waals surface area contributed by atoms with E-state index in [1.54, 1.807) is 0 Å². The molecule has 0 saturated carbocycles. The predicted molar refractivity (Wildman–Crippen MR) is 73.7 cm³/mol. The number of pyridine rings is 1. The van der Waals surface area contributed by atoms with Gasteiger partial charge in [0.25, 0.3) is 10.0 Å². The first-order valence-corrected chi connectivity index (χ1v) is 6.98. The number of rotatable bonds is 3. The standard InChI is InChI=1S/C12H8F4N2O2S.ClH/c13-9-5-8(12(14,15)16)6-10(7-9)18-21(19,20)11-3-1-2-4-17-11;/h1-7,18H;1H. The van der Waals surface area contributed by atoms with Crippen molar-refractivity contribution in [1.29, 1.82) is 0 Å². The molecule has 4 nitrogen and oxygen atoms in total. The summed E-state index contributed by atoms with van der Waals surface area (Å²) in [6.07, 6.45) is -3.57. The van der Waals surface area contributed by atoms with E-state index in [2.05, 4.69) is 4.98 Å². The quantitative estimate of drug-likeness (QED) is 0.857. The topological polar surface area (TPSA) is 59.1 Å². The van der Waals surface area contributed by atoms with Crippen molar-refractivity contribution in [3.8, 4) is 0 Å². The van der Waals surface area contributed by atoms with Gasteiger partial charge in [-0.2, -0.15) is 21.6 Å². The van der Waals surface area contributed by atoms with Crippen LogP contribution in [0, 0.1) is 5.82 Å². The maximum atomic E-state index is 13.2. The molecule has 0 spiro atoms. The van der Waals surface area contributed by atoms with Gasteiger partial charge in [0.05, 0.1) is 11.3 Å². The molecule has 0 aliphatic carbocycles. The van der Waals surface area contributed by atoms with E-state index in [0.29, 0.717) is 12.1 Å². The highest BCUT2D eigenvalue weighted by Gasteiger charge is 2.31. The fourth-order valence-corrected chi connectivity index (χ4v) is 2.52. The van der Waals surface area contributed by atoms with Crippen LogP contribution in [0.1, 0.15) is 5.56 Å². The summed E-state index contributed by atoms with van der Waals surface area (Å²) < 4.78 is 76.5. The van der Waals surface area contributed by atoms with Crippen LogP contribution in [0.4, 0.5) is 23.2 Å². The second-order valence-corrected chi connectivity index (χ2v) is 5.63. The Bertz CT molecular complexity index is 751. The summed E-state index contributed by atoms with van der Waals surface area (Å²) in [5.74, 6) is -1.21. The zero-order valence-electron chi connectivity index (χ0n) is 10.6. The van der Waals surface area contributed by atoms with Crippen molar-refractivity contribution in [3.63, 3.8) is 0 Å². The molecule has 1 aromatic heterocycles. The summed E-state index contributed by atoms with van der Waals surface area (Å²) >= 11 is 0. The van der Waals surface area contributed by atoms with Gasteiger partial charge in [0.15, 0.2) is 5.03 Å². The summed E-state index contributed by atoms with van der Waals surface area (Å²) in [6, 6.07) is 5.46. The van der Waals surface area contributed by atoms with Gasteiger partial charge < -0.3 is 0 Å². The number of benzene rings is 1. The molecule has 0 radical (unpaired) electrons. The first-order chi connectivity index (χ1) is 9.68. The van der Waals surface area contributed by atoms with Crippen LogP contribution in [0.25, 0.3) is 0 Å². The van der Waals surface area contributed by atoms with Crippen molar-refractivity contribution in [2.45, 2.75) is 11.2 Å². The fraction of sp³-hybridized carbons (Fsp3) is 0.0833. The number of hydrogen-bond donors (Lipinski definition) is 1. The highest BCUT2D eigenvalue weighted by Crippen LogP contribution is 2.32. The minimum atomic E-state index is -4.78. The lowest BCUT2D eigenvalue weighted by atomic mass is 10.2. The molecular formula is C12H9ClF4N2O2S. The third kappa shape index (κ3) is 4.31. The molecule has 0 amide bonds. The normalized spacial score (nSPS) is 11.6. The average Bonchev–Trinajstić information content (AvgIpc) is 2.37. The monoisotopic (exact) mass is 356 g/mol. The Labute approximate surface area is 129 Å². The number of nitrogens with zero attached hydrogens (tertiary/aromatic N) is 1. The van der Waals surface area contributed by atoms with E-state index in [9.17, 15) is 26.0 Å². The molecule has 2 aromatic rings. The Hall–Kier alpha value is -1.87. The molecule has 0 saturated heterocycles. The lowest BCUT2D eigenvalue weighted by molar-refractivity contribution is -0.137. The Morgan fingerprint density at radius 2 is 1.77 bits per heavy atom. The minimum absolute atomic E-state index is 0. The number of hydrogen-bond acceptors (Lipinski definition) is 3. The number of halogens is 5. The first-order valence-electron chi connectivity index (χ1n) is 5.50.